The number of ether oxygens (including phenoxy) is 1. The highest BCUT2D eigenvalue weighted by Crippen LogP contribution is 2.14. The summed E-state index contributed by atoms with van der Waals surface area (Å²) in [7, 11) is 1.69. The van der Waals surface area contributed by atoms with Crippen LogP contribution in [0.1, 0.15) is 40.2 Å². The van der Waals surface area contributed by atoms with E-state index < -0.39 is 0 Å². The SMILES string of the molecule is CC.CC.COC/C(C)=C\c1ccccc1N. The van der Waals surface area contributed by atoms with Gasteiger partial charge in [-0.2, -0.15) is 0 Å². The zero-order valence-electron chi connectivity index (χ0n) is 12.1. The Labute approximate surface area is 106 Å². The molecule has 0 spiro atoms. The van der Waals surface area contributed by atoms with E-state index in [1.807, 2.05) is 65.0 Å². The standard InChI is InChI=1S/C11H15NO.2C2H6/c1-9(8-13-2)7-10-5-3-4-6-11(10)12;2*1-2/h3-7H,8,12H2,1-2H3;2*1-2H3/b9-7-;;. The van der Waals surface area contributed by atoms with Crippen molar-refractivity contribution in [2.24, 2.45) is 0 Å². The number of para-hydroxylation sites is 1. The Morgan fingerprint density at radius 1 is 1.18 bits per heavy atom. The van der Waals surface area contributed by atoms with E-state index in [1.54, 1.807) is 7.11 Å². The van der Waals surface area contributed by atoms with E-state index in [1.165, 1.54) is 5.57 Å². The molecule has 0 aliphatic heterocycles. The van der Waals surface area contributed by atoms with Gasteiger partial charge in [0.2, 0.25) is 0 Å². The largest absolute Gasteiger partial charge is 0.398 e. The van der Waals surface area contributed by atoms with Gasteiger partial charge in [0.15, 0.2) is 0 Å². The van der Waals surface area contributed by atoms with Crippen LogP contribution < -0.4 is 5.73 Å². The predicted molar refractivity (Wildman–Crippen MR) is 79.1 cm³/mol. The van der Waals surface area contributed by atoms with Gasteiger partial charge in [-0.3, -0.25) is 0 Å². The molecule has 0 aliphatic rings. The third-order valence-corrected chi connectivity index (χ3v) is 1.77. The number of rotatable bonds is 3. The van der Waals surface area contributed by atoms with Crippen LogP contribution in [0, 0.1) is 0 Å². The average molecular weight is 237 g/mol. The predicted octanol–water partition coefficient (Wildman–Crippen LogP) is 4.37. The zero-order chi connectivity index (χ0) is 13.7. The average Bonchev–Trinajstić information content (AvgIpc) is 2.37. The number of nitrogen functional groups attached to an aromatic ring is 1. The summed E-state index contributed by atoms with van der Waals surface area (Å²) in [4.78, 5) is 0. The molecular formula is C15H27NO. The molecule has 0 atom stereocenters. The monoisotopic (exact) mass is 237 g/mol. The van der Waals surface area contributed by atoms with E-state index in [-0.39, 0.29) is 0 Å². The van der Waals surface area contributed by atoms with Gasteiger partial charge in [-0.05, 0) is 24.1 Å². The highest BCUT2D eigenvalue weighted by molar-refractivity contribution is 5.65. The van der Waals surface area contributed by atoms with Gasteiger partial charge in [0, 0.05) is 12.8 Å². The van der Waals surface area contributed by atoms with Gasteiger partial charge in [0.25, 0.3) is 0 Å². The zero-order valence-corrected chi connectivity index (χ0v) is 12.1. The molecule has 98 valence electrons. The molecule has 0 bridgehead atoms. The molecule has 0 unspecified atom stereocenters. The summed E-state index contributed by atoms with van der Waals surface area (Å²) >= 11 is 0. The minimum atomic E-state index is 0.647. The van der Waals surface area contributed by atoms with Gasteiger partial charge in [-0.1, -0.05) is 52.0 Å². The third kappa shape index (κ3) is 8.52. The molecule has 1 aromatic carbocycles. The molecular weight excluding hydrogens is 210 g/mol. The molecule has 2 heteroatoms. The molecule has 0 aromatic heterocycles. The number of methoxy groups -OCH3 is 1. The molecule has 17 heavy (non-hydrogen) atoms. The normalized spacial score (nSPS) is 9.65. The second kappa shape index (κ2) is 12.8. The molecule has 0 fully saturated rings. The van der Waals surface area contributed by atoms with Crippen molar-refractivity contribution >= 4 is 11.8 Å². The number of benzene rings is 1. The molecule has 2 N–H and O–H groups in total. The van der Waals surface area contributed by atoms with Crippen molar-refractivity contribution in [2.45, 2.75) is 34.6 Å². The molecule has 0 amide bonds. The quantitative estimate of drug-likeness (QED) is 0.792. The number of hydrogen-bond acceptors (Lipinski definition) is 2. The van der Waals surface area contributed by atoms with E-state index in [2.05, 4.69) is 0 Å². The van der Waals surface area contributed by atoms with Crippen LogP contribution in [-0.4, -0.2) is 13.7 Å². The van der Waals surface area contributed by atoms with Crippen LogP contribution in [0.25, 0.3) is 6.08 Å². The van der Waals surface area contributed by atoms with Gasteiger partial charge in [0.05, 0.1) is 6.61 Å². The Hall–Kier alpha value is -1.28. The molecule has 0 radical (unpaired) electrons. The maximum atomic E-state index is 5.78. The van der Waals surface area contributed by atoms with Crippen molar-refractivity contribution in [2.75, 3.05) is 19.5 Å². The Morgan fingerprint density at radius 3 is 2.18 bits per heavy atom. The summed E-state index contributed by atoms with van der Waals surface area (Å²) < 4.78 is 5.01. The van der Waals surface area contributed by atoms with Gasteiger partial charge in [0.1, 0.15) is 0 Å². The molecule has 0 aliphatic carbocycles. The lowest BCUT2D eigenvalue weighted by molar-refractivity contribution is 0.226. The van der Waals surface area contributed by atoms with Crippen molar-refractivity contribution in [3.8, 4) is 0 Å². The summed E-state index contributed by atoms with van der Waals surface area (Å²) in [5, 5.41) is 0. The first-order valence-corrected chi connectivity index (χ1v) is 6.24. The van der Waals surface area contributed by atoms with E-state index in [4.69, 9.17) is 10.5 Å². The van der Waals surface area contributed by atoms with Crippen LogP contribution in [0.3, 0.4) is 0 Å². The van der Waals surface area contributed by atoms with Crippen molar-refractivity contribution in [1.29, 1.82) is 0 Å². The van der Waals surface area contributed by atoms with Crippen molar-refractivity contribution in [1.82, 2.24) is 0 Å². The van der Waals surface area contributed by atoms with Crippen LogP contribution >= 0.6 is 0 Å². The van der Waals surface area contributed by atoms with E-state index in [9.17, 15) is 0 Å². The maximum absolute atomic E-state index is 5.78. The van der Waals surface area contributed by atoms with E-state index in [0.29, 0.717) is 6.61 Å². The van der Waals surface area contributed by atoms with Crippen LogP contribution in [-0.2, 0) is 4.74 Å². The maximum Gasteiger partial charge on any atom is 0.0673 e. The molecule has 1 aromatic rings. The smallest absolute Gasteiger partial charge is 0.0673 e. The van der Waals surface area contributed by atoms with Gasteiger partial charge < -0.3 is 10.5 Å². The lowest BCUT2D eigenvalue weighted by atomic mass is 10.1. The minimum Gasteiger partial charge on any atom is -0.398 e. The fraction of sp³-hybridized carbons (Fsp3) is 0.467. The Bertz CT molecular complexity index is 306. The third-order valence-electron chi connectivity index (χ3n) is 1.77. The lowest BCUT2D eigenvalue weighted by Crippen LogP contribution is -1.92. The topological polar surface area (TPSA) is 35.2 Å². The molecule has 2 nitrogen and oxygen atoms in total. The highest BCUT2D eigenvalue weighted by Gasteiger charge is 1.94. The number of nitrogens with two attached hydrogens (primary N) is 1. The number of anilines is 1. The number of hydrogen-bond donors (Lipinski definition) is 1. The van der Waals surface area contributed by atoms with E-state index in [0.717, 1.165) is 11.3 Å². The van der Waals surface area contributed by atoms with Crippen molar-refractivity contribution < 1.29 is 4.74 Å². The summed E-state index contributed by atoms with van der Waals surface area (Å²) in [5.41, 5.74) is 8.80. The Kier molecular flexibility index (Phi) is 13.6. The fourth-order valence-electron chi connectivity index (χ4n) is 1.18. The Balaban J connectivity index is 0. The van der Waals surface area contributed by atoms with Crippen LogP contribution in [0.5, 0.6) is 0 Å². The fourth-order valence-corrected chi connectivity index (χ4v) is 1.18. The summed E-state index contributed by atoms with van der Waals surface area (Å²) in [6.45, 7) is 10.7. The van der Waals surface area contributed by atoms with Crippen molar-refractivity contribution in [3.63, 3.8) is 0 Å². The van der Waals surface area contributed by atoms with Crippen LogP contribution in [0.15, 0.2) is 29.8 Å². The second-order valence-electron chi connectivity index (χ2n) is 3.05. The first kappa shape index (κ1) is 18.1. The highest BCUT2D eigenvalue weighted by atomic mass is 16.5. The molecule has 0 heterocycles. The lowest BCUT2D eigenvalue weighted by Gasteiger charge is -2.02. The van der Waals surface area contributed by atoms with Gasteiger partial charge in [-0.25, -0.2) is 0 Å². The minimum absolute atomic E-state index is 0.647. The Morgan fingerprint density at radius 2 is 1.71 bits per heavy atom. The summed E-state index contributed by atoms with van der Waals surface area (Å²) in [6, 6.07) is 7.79. The van der Waals surface area contributed by atoms with Gasteiger partial charge in [-0.15, -0.1) is 0 Å². The van der Waals surface area contributed by atoms with Crippen molar-refractivity contribution in [3.05, 3.63) is 35.4 Å². The van der Waals surface area contributed by atoms with Gasteiger partial charge >= 0.3 is 0 Å². The van der Waals surface area contributed by atoms with E-state index >= 15 is 0 Å². The molecule has 1 rings (SSSR count). The summed E-state index contributed by atoms with van der Waals surface area (Å²) in [5.74, 6) is 0. The first-order chi connectivity index (χ1) is 8.24. The first-order valence-electron chi connectivity index (χ1n) is 6.24. The van der Waals surface area contributed by atoms with Crippen LogP contribution in [0.2, 0.25) is 0 Å². The molecule has 0 saturated carbocycles. The molecule has 0 saturated heterocycles. The summed E-state index contributed by atoms with van der Waals surface area (Å²) in [6.07, 6.45) is 2.04. The second-order valence-corrected chi connectivity index (χ2v) is 3.05. The van der Waals surface area contributed by atoms with Crippen LogP contribution in [0.4, 0.5) is 5.69 Å².